The Hall–Kier alpha value is -0.390. The number of hydrogen-bond donors (Lipinski definition) is 2. The number of carbonyl (C=O) groups is 1. The van der Waals surface area contributed by atoms with E-state index in [9.17, 15) is 9.90 Å². The number of thiophene rings is 1. The van der Waals surface area contributed by atoms with Crippen LogP contribution in [0.2, 0.25) is 0 Å². The summed E-state index contributed by atoms with van der Waals surface area (Å²) in [5.74, 6) is 0.196. The van der Waals surface area contributed by atoms with Gasteiger partial charge in [0.05, 0.1) is 8.66 Å². The average Bonchev–Trinajstić information content (AvgIpc) is 2.77. The van der Waals surface area contributed by atoms with E-state index in [0.717, 1.165) is 34.3 Å². The lowest BCUT2D eigenvalue weighted by Gasteiger charge is -2.30. The summed E-state index contributed by atoms with van der Waals surface area (Å²) in [5, 5.41) is 12.3. The minimum Gasteiger partial charge on any atom is -0.396 e. The van der Waals surface area contributed by atoms with Crippen LogP contribution in [0.1, 0.15) is 35.4 Å². The van der Waals surface area contributed by atoms with E-state index >= 15 is 0 Å². The van der Waals surface area contributed by atoms with Crippen LogP contribution in [0.3, 0.4) is 0 Å². The first kappa shape index (κ1) is 13.1. The fourth-order valence-corrected chi connectivity index (χ4v) is 3.58. The summed E-state index contributed by atoms with van der Waals surface area (Å²) < 4.78 is 0.963. The van der Waals surface area contributed by atoms with E-state index in [-0.39, 0.29) is 24.5 Å². The zero-order valence-corrected chi connectivity index (χ0v) is 11.9. The van der Waals surface area contributed by atoms with E-state index in [4.69, 9.17) is 0 Å². The van der Waals surface area contributed by atoms with Crippen molar-refractivity contribution in [1.29, 1.82) is 0 Å². The van der Waals surface area contributed by atoms with Gasteiger partial charge in [-0.1, -0.05) is 12.8 Å². The van der Waals surface area contributed by atoms with E-state index in [2.05, 4.69) is 21.2 Å². The Balaban J connectivity index is 1.97. The van der Waals surface area contributed by atoms with Gasteiger partial charge in [0.15, 0.2) is 0 Å². The lowest BCUT2D eigenvalue weighted by Crippen LogP contribution is -2.43. The van der Waals surface area contributed by atoms with Crippen molar-refractivity contribution in [1.82, 2.24) is 5.32 Å². The van der Waals surface area contributed by atoms with Crippen LogP contribution in [0.15, 0.2) is 15.9 Å². The first-order chi connectivity index (χ1) is 8.20. The summed E-state index contributed by atoms with van der Waals surface area (Å²) in [4.78, 5) is 12.7. The molecule has 0 radical (unpaired) electrons. The van der Waals surface area contributed by atoms with Crippen molar-refractivity contribution in [3.05, 3.63) is 20.8 Å². The number of rotatable bonds is 3. The normalized spacial score (nSPS) is 24.6. The fourth-order valence-electron chi connectivity index (χ4n) is 2.29. The van der Waals surface area contributed by atoms with Gasteiger partial charge in [0, 0.05) is 18.6 Å². The maximum atomic E-state index is 12.0. The van der Waals surface area contributed by atoms with Gasteiger partial charge in [-0.15, -0.1) is 11.3 Å². The first-order valence-electron chi connectivity index (χ1n) is 5.88. The molecule has 0 aromatic carbocycles. The molecule has 1 saturated carbocycles. The van der Waals surface area contributed by atoms with Crippen molar-refractivity contribution in [2.24, 2.45) is 5.92 Å². The maximum Gasteiger partial charge on any atom is 0.261 e. The minimum atomic E-state index is -0.0222. The number of halogens is 1. The number of hydrogen-bond acceptors (Lipinski definition) is 3. The van der Waals surface area contributed by atoms with E-state index in [1.807, 2.05) is 12.1 Å². The molecule has 1 fully saturated rings. The molecule has 2 unspecified atom stereocenters. The highest BCUT2D eigenvalue weighted by Gasteiger charge is 2.26. The molecule has 1 aliphatic carbocycles. The van der Waals surface area contributed by atoms with Gasteiger partial charge >= 0.3 is 0 Å². The molecule has 0 saturated heterocycles. The molecule has 2 N–H and O–H groups in total. The van der Waals surface area contributed by atoms with E-state index in [0.29, 0.717) is 0 Å². The van der Waals surface area contributed by atoms with Crippen LogP contribution in [0, 0.1) is 5.92 Å². The zero-order chi connectivity index (χ0) is 12.3. The molecule has 0 aliphatic heterocycles. The third-order valence-electron chi connectivity index (χ3n) is 3.26. The number of amides is 1. The highest BCUT2D eigenvalue weighted by molar-refractivity contribution is 9.11. The largest absolute Gasteiger partial charge is 0.396 e. The average molecular weight is 318 g/mol. The maximum absolute atomic E-state index is 12.0. The second kappa shape index (κ2) is 5.98. The van der Waals surface area contributed by atoms with Crippen LogP contribution in [0.25, 0.3) is 0 Å². The summed E-state index contributed by atoms with van der Waals surface area (Å²) in [7, 11) is 0. The summed E-state index contributed by atoms with van der Waals surface area (Å²) >= 11 is 4.79. The highest BCUT2D eigenvalue weighted by atomic mass is 79.9. The predicted molar refractivity (Wildman–Crippen MR) is 72.3 cm³/mol. The van der Waals surface area contributed by atoms with Crippen molar-refractivity contribution < 1.29 is 9.90 Å². The molecule has 17 heavy (non-hydrogen) atoms. The molecule has 3 nitrogen and oxygen atoms in total. The summed E-state index contributed by atoms with van der Waals surface area (Å²) in [6.45, 7) is 0.166. The monoisotopic (exact) mass is 317 g/mol. The van der Waals surface area contributed by atoms with Crippen molar-refractivity contribution in [3.63, 3.8) is 0 Å². The van der Waals surface area contributed by atoms with Gasteiger partial charge in [0.1, 0.15) is 0 Å². The van der Waals surface area contributed by atoms with Crippen LogP contribution in [-0.2, 0) is 0 Å². The molecule has 5 heteroatoms. The first-order valence-corrected chi connectivity index (χ1v) is 7.48. The quantitative estimate of drug-likeness (QED) is 0.900. The van der Waals surface area contributed by atoms with E-state index in [1.165, 1.54) is 11.3 Å². The Labute approximate surface area is 113 Å². The van der Waals surface area contributed by atoms with Crippen LogP contribution >= 0.6 is 27.3 Å². The Morgan fingerprint density at radius 1 is 1.47 bits per heavy atom. The van der Waals surface area contributed by atoms with E-state index in [1.54, 1.807) is 0 Å². The molecule has 1 aromatic rings. The van der Waals surface area contributed by atoms with Gasteiger partial charge < -0.3 is 10.4 Å². The third kappa shape index (κ3) is 3.30. The van der Waals surface area contributed by atoms with Crippen molar-refractivity contribution >= 4 is 33.2 Å². The zero-order valence-electron chi connectivity index (χ0n) is 9.49. The molecule has 1 aromatic heterocycles. The SMILES string of the molecule is O=C(NC1CCCCC1CO)c1ccc(Br)s1. The third-order valence-corrected chi connectivity index (χ3v) is 4.88. The van der Waals surface area contributed by atoms with Crippen LogP contribution in [-0.4, -0.2) is 23.7 Å². The standard InChI is InChI=1S/C12H16BrNO2S/c13-11-6-5-10(17-11)12(16)14-9-4-2-1-3-8(9)7-15/h5-6,8-9,15H,1-4,7H2,(H,14,16). The summed E-state index contributed by atoms with van der Waals surface area (Å²) in [6.07, 6.45) is 4.27. The molecule has 0 spiro atoms. The Bertz CT molecular complexity index is 394. The van der Waals surface area contributed by atoms with Crippen molar-refractivity contribution in [3.8, 4) is 0 Å². The fraction of sp³-hybridized carbons (Fsp3) is 0.583. The van der Waals surface area contributed by atoms with Gasteiger partial charge in [0.25, 0.3) is 5.91 Å². The molecule has 1 amide bonds. The van der Waals surface area contributed by atoms with Crippen LogP contribution in [0.5, 0.6) is 0 Å². The highest BCUT2D eigenvalue weighted by Crippen LogP contribution is 2.26. The number of aliphatic hydroxyl groups is 1. The Kier molecular flexibility index (Phi) is 4.59. The van der Waals surface area contributed by atoms with Gasteiger partial charge in [0.2, 0.25) is 0 Å². The molecule has 1 aliphatic rings. The molecule has 1 heterocycles. The van der Waals surface area contributed by atoms with Crippen LogP contribution < -0.4 is 5.32 Å². The van der Waals surface area contributed by atoms with Crippen molar-refractivity contribution in [2.45, 2.75) is 31.7 Å². The molecule has 0 bridgehead atoms. The van der Waals surface area contributed by atoms with Gasteiger partial charge in [-0.05, 0) is 40.9 Å². The molecule has 2 atom stereocenters. The lowest BCUT2D eigenvalue weighted by atomic mass is 9.85. The van der Waals surface area contributed by atoms with Gasteiger partial charge in [-0.2, -0.15) is 0 Å². The van der Waals surface area contributed by atoms with Gasteiger partial charge in [-0.3, -0.25) is 4.79 Å². The second-order valence-corrected chi connectivity index (χ2v) is 6.87. The Morgan fingerprint density at radius 3 is 2.88 bits per heavy atom. The van der Waals surface area contributed by atoms with E-state index < -0.39 is 0 Å². The molecule has 2 rings (SSSR count). The number of nitrogens with one attached hydrogen (secondary N) is 1. The van der Waals surface area contributed by atoms with Gasteiger partial charge in [-0.25, -0.2) is 0 Å². The molecular formula is C12H16BrNO2S. The lowest BCUT2D eigenvalue weighted by molar-refractivity contribution is 0.0876. The molecular weight excluding hydrogens is 302 g/mol. The minimum absolute atomic E-state index is 0.0222. The van der Waals surface area contributed by atoms with Crippen molar-refractivity contribution in [2.75, 3.05) is 6.61 Å². The second-order valence-electron chi connectivity index (χ2n) is 4.41. The predicted octanol–water partition coefficient (Wildman–Crippen LogP) is 2.79. The molecule has 94 valence electrons. The number of carbonyl (C=O) groups excluding carboxylic acids is 1. The topological polar surface area (TPSA) is 49.3 Å². The Morgan fingerprint density at radius 2 is 2.24 bits per heavy atom. The smallest absolute Gasteiger partial charge is 0.261 e. The number of aliphatic hydroxyl groups excluding tert-OH is 1. The summed E-state index contributed by atoms with van der Waals surface area (Å²) in [5.41, 5.74) is 0. The summed E-state index contributed by atoms with van der Waals surface area (Å²) in [6, 6.07) is 3.83. The van der Waals surface area contributed by atoms with Crippen LogP contribution in [0.4, 0.5) is 0 Å².